The number of hydrogen-bond acceptors (Lipinski definition) is 6. The van der Waals surface area contributed by atoms with Gasteiger partial charge in [0.15, 0.2) is 0 Å². The molecule has 2 aromatic heterocycles. The topological polar surface area (TPSA) is 58.8 Å². The molecule has 1 spiro atoms. The first-order valence-electron chi connectivity index (χ1n) is 9.14. The van der Waals surface area contributed by atoms with Crippen LogP contribution >= 0.6 is 11.3 Å². The molecule has 140 valence electrons. The van der Waals surface area contributed by atoms with Crippen molar-refractivity contribution in [3.63, 3.8) is 0 Å². The van der Waals surface area contributed by atoms with Crippen molar-refractivity contribution in [3.8, 4) is 0 Å². The third-order valence-electron chi connectivity index (χ3n) is 5.72. The van der Waals surface area contributed by atoms with E-state index < -0.39 is 0 Å². The molecule has 2 aliphatic heterocycles. The summed E-state index contributed by atoms with van der Waals surface area (Å²) in [6, 6.07) is 2.07. The molecule has 2 saturated heterocycles. The standard InChI is InChI=1S/C19H25N3O3S/c1-14-19(4-6-21(7-5-19)9-16-3-8-24-11-16)25-12-18(23)22(14)10-17-13-26-15(2)20-17/h3,8,11,13-14H,4-7,9-10,12H2,1-2H3/t14-/m0/s1. The minimum atomic E-state index is -0.244. The van der Waals surface area contributed by atoms with Crippen LogP contribution in [0.4, 0.5) is 0 Å². The van der Waals surface area contributed by atoms with Crippen LogP contribution in [0.15, 0.2) is 28.4 Å². The maximum Gasteiger partial charge on any atom is 0.249 e. The van der Waals surface area contributed by atoms with E-state index in [1.54, 1.807) is 23.9 Å². The van der Waals surface area contributed by atoms with Gasteiger partial charge in [-0.15, -0.1) is 11.3 Å². The van der Waals surface area contributed by atoms with Gasteiger partial charge in [-0.05, 0) is 32.8 Å². The number of likely N-dealkylation sites (tertiary alicyclic amines) is 1. The van der Waals surface area contributed by atoms with E-state index in [1.165, 1.54) is 5.56 Å². The molecule has 0 saturated carbocycles. The number of amides is 1. The van der Waals surface area contributed by atoms with E-state index in [4.69, 9.17) is 9.15 Å². The van der Waals surface area contributed by atoms with Gasteiger partial charge in [0.05, 0.1) is 41.4 Å². The number of piperidine rings is 1. The van der Waals surface area contributed by atoms with Crippen LogP contribution < -0.4 is 0 Å². The molecular formula is C19H25N3O3S. The second-order valence-corrected chi connectivity index (χ2v) is 8.38. The molecule has 0 aliphatic carbocycles. The second kappa shape index (κ2) is 7.13. The smallest absolute Gasteiger partial charge is 0.249 e. The van der Waals surface area contributed by atoms with Crippen LogP contribution in [-0.2, 0) is 22.6 Å². The Balaban J connectivity index is 1.42. The average molecular weight is 375 g/mol. The number of aromatic nitrogens is 1. The number of aryl methyl sites for hydroxylation is 1. The zero-order chi connectivity index (χ0) is 18.1. The highest BCUT2D eigenvalue weighted by Gasteiger charge is 2.47. The lowest BCUT2D eigenvalue weighted by Gasteiger charge is -2.51. The Morgan fingerprint density at radius 1 is 1.35 bits per heavy atom. The van der Waals surface area contributed by atoms with Crippen LogP contribution in [0.3, 0.4) is 0 Å². The van der Waals surface area contributed by atoms with Crippen molar-refractivity contribution in [1.82, 2.24) is 14.8 Å². The normalized spacial score (nSPS) is 23.7. The van der Waals surface area contributed by atoms with Crippen LogP contribution in [0.5, 0.6) is 0 Å². The Hall–Kier alpha value is -1.70. The van der Waals surface area contributed by atoms with Gasteiger partial charge in [-0.2, -0.15) is 0 Å². The van der Waals surface area contributed by atoms with Gasteiger partial charge in [0.25, 0.3) is 0 Å². The molecule has 6 nitrogen and oxygen atoms in total. The monoisotopic (exact) mass is 375 g/mol. The van der Waals surface area contributed by atoms with Gasteiger partial charge in [0.2, 0.25) is 5.91 Å². The van der Waals surface area contributed by atoms with E-state index in [2.05, 4.69) is 16.8 Å². The van der Waals surface area contributed by atoms with Crippen molar-refractivity contribution in [2.24, 2.45) is 0 Å². The van der Waals surface area contributed by atoms with Crippen molar-refractivity contribution in [2.45, 2.75) is 51.4 Å². The molecule has 7 heteroatoms. The van der Waals surface area contributed by atoms with Gasteiger partial charge in [-0.3, -0.25) is 9.69 Å². The number of morpholine rings is 1. The van der Waals surface area contributed by atoms with Crippen molar-refractivity contribution in [1.29, 1.82) is 0 Å². The maximum atomic E-state index is 12.5. The summed E-state index contributed by atoms with van der Waals surface area (Å²) in [7, 11) is 0. The maximum absolute atomic E-state index is 12.5. The highest BCUT2D eigenvalue weighted by atomic mass is 32.1. The van der Waals surface area contributed by atoms with Gasteiger partial charge >= 0.3 is 0 Å². The fraction of sp³-hybridized carbons (Fsp3) is 0.579. The van der Waals surface area contributed by atoms with Crippen molar-refractivity contribution in [2.75, 3.05) is 19.7 Å². The molecule has 26 heavy (non-hydrogen) atoms. The first kappa shape index (κ1) is 17.7. The number of furan rings is 1. The number of ether oxygens (including phenoxy) is 1. The summed E-state index contributed by atoms with van der Waals surface area (Å²) in [6.45, 7) is 7.71. The van der Waals surface area contributed by atoms with Gasteiger partial charge in [-0.1, -0.05) is 0 Å². The first-order chi connectivity index (χ1) is 12.6. The van der Waals surface area contributed by atoms with Crippen LogP contribution in [0.25, 0.3) is 0 Å². The molecule has 0 bridgehead atoms. The lowest BCUT2D eigenvalue weighted by molar-refractivity contribution is -0.188. The Morgan fingerprint density at radius 2 is 2.15 bits per heavy atom. The van der Waals surface area contributed by atoms with Gasteiger partial charge < -0.3 is 14.1 Å². The number of carbonyl (C=O) groups excluding carboxylic acids is 1. The predicted octanol–water partition coefficient (Wildman–Crippen LogP) is 2.83. The summed E-state index contributed by atoms with van der Waals surface area (Å²) in [4.78, 5) is 21.4. The Bertz CT molecular complexity index is 750. The molecule has 4 rings (SSSR count). The fourth-order valence-corrected chi connectivity index (χ4v) is 4.69. The lowest BCUT2D eigenvalue weighted by Crippen LogP contribution is -2.63. The molecule has 2 fully saturated rings. The summed E-state index contributed by atoms with van der Waals surface area (Å²) in [5, 5.41) is 3.08. The molecule has 4 heterocycles. The summed E-state index contributed by atoms with van der Waals surface area (Å²) in [6.07, 6.45) is 5.40. The van der Waals surface area contributed by atoms with Crippen LogP contribution in [0, 0.1) is 6.92 Å². The first-order valence-corrected chi connectivity index (χ1v) is 10.0. The Kier molecular flexibility index (Phi) is 4.86. The minimum Gasteiger partial charge on any atom is -0.472 e. The van der Waals surface area contributed by atoms with E-state index in [1.807, 2.05) is 23.3 Å². The summed E-state index contributed by atoms with van der Waals surface area (Å²) in [5.41, 5.74) is 1.93. The molecule has 2 aliphatic rings. The number of carbonyl (C=O) groups is 1. The molecule has 1 atom stereocenters. The zero-order valence-corrected chi connectivity index (χ0v) is 16.1. The number of thiazole rings is 1. The summed E-state index contributed by atoms with van der Waals surface area (Å²) in [5.74, 6) is 0.0644. The summed E-state index contributed by atoms with van der Waals surface area (Å²) < 4.78 is 11.3. The molecule has 0 N–H and O–H groups in total. The van der Waals surface area contributed by atoms with E-state index >= 15 is 0 Å². The summed E-state index contributed by atoms with van der Waals surface area (Å²) >= 11 is 1.63. The van der Waals surface area contributed by atoms with E-state index in [0.717, 1.165) is 43.2 Å². The Labute approximate surface area is 157 Å². The SMILES string of the molecule is Cc1nc(CN2C(=O)COC3(CCN(Cc4ccoc4)CC3)[C@@H]2C)cs1. The van der Waals surface area contributed by atoms with Crippen LogP contribution in [0.2, 0.25) is 0 Å². The molecular weight excluding hydrogens is 350 g/mol. The van der Waals surface area contributed by atoms with Crippen molar-refractivity contribution in [3.05, 3.63) is 40.2 Å². The van der Waals surface area contributed by atoms with Crippen LogP contribution in [0.1, 0.15) is 36.0 Å². The fourth-order valence-electron chi connectivity index (χ4n) is 4.08. The zero-order valence-electron chi connectivity index (χ0n) is 15.3. The quantitative estimate of drug-likeness (QED) is 0.822. The van der Waals surface area contributed by atoms with Gasteiger partial charge in [-0.25, -0.2) is 4.98 Å². The van der Waals surface area contributed by atoms with Crippen molar-refractivity contribution < 1.29 is 13.9 Å². The molecule has 0 radical (unpaired) electrons. The number of hydrogen-bond donors (Lipinski definition) is 0. The molecule has 0 unspecified atom stereocenters. The van der Waals surface area contributed by atoms with Crippen molar-refractivity contribution >= 4 is 17.2 Å². The third kappa shape index (κ3) is 3.43. The van der Waals surface area contributed by atoms with Gasteiger partial charge in [0.1, 0.15) is 6.61 Å². The highest BCUT2D eigenvalue weighted by Crippen LogP contribution is 2.36. The number of nitrogens with zero attached hydrogens (tertiary/aromatic N) is 3. The second-order valence-electron chi connectivity index (χ2n) is 7.32. The van der Waals surface area contributed by atoms with E-state index in [0.29, 0.717) is 6.54 Å². The van der Waals surface area contributed by atoms with E-state index in [9.17, 15) is 4.79 Å². The minimum absolute atomic E-state index is 0.0573. The third-order valence-corrected chi connectivity index (χ3v) is 6.54. The molecule has 2 aromatic rings. The average Bonchev–Trinajstić information content (AvgIpc) is 3.29. The predicted molar refractivity (Wildman–Crippen MR) is 98.8 cm³/mol. The molecule has 0 aromatic carbocycles. The number of rotatable bonds is 4. The van der Waals surface area contributed by atoms with Gasteiger partial charge in [0, 0.05) is 30.6 Å². The Morgan fingerprint density at radius 3 is 2.81 bits per heavy atom. The molecule has 1 amide bonds. The lowest BCUT2D eigenvalue weighted by atomic mass is 9.82. The van der Waals surface area contributed by atoms with E-state index in [-0.39, 0.29) is 24.2 Å². The highest BCUT2D eigenvalue weighted by molar-refractivity contribution is 7.09. The van der Waals surface area contributed by atoms with Crippen LogP contribution in [-0.4, -0.2) is 52.0 Å². The largest absolute Gasteiger partial charge is 0.472 e.